The number of nitrogens with zero attached hydrogens (tertiary/aromatic N) is 1. The number of allylic oxidation sites excluding steroid dienone is 7. The van der Waals surface area contributed by atoms with Gasteiger partial charge in [0.25, 0.3) is 5.91 Å². The number of hydrogen-bond acceptors (Lipinski definition) is 4. The molecule has 0 aliphatic heterocycles. The number of amides is 2. The Morgan fingerprint density at radius 3 is 2.21 bits per heavy atom. The van der Waals surface area contributed by atoms with E-state index in [1.807, 2.05) is 31.2 Å². The lowest BCUT2D eigenvalue weighted by molar-refractivity contribution is -0.125. The molecule has 0 saturated carbocycles. The summed E-state index contributed by atoms with van der Waals surface area (Å²) in [6.45, 7) is 28.2. The largest absolute Gasteiger partial charge is 0.443 e. The zero-order chi connectivity index (χ0) is 30.2. The molecule has 0 aromatic rings. The second kappa shape index (κ2) is 18.0. The monoisotopic (exact) mass is 557 g/mol. The summed E-state index contributed by atoms with van der Waals surface area (Å²) in [7, 11) is -1.76. The van der Waals surface area contributed by atoms with Crippen molar-refractivity contribution in [3.8, 4) is 0 Å². The van der Waals surface area contributed by atoms with Gasteiger partial charge in [0.15, 0.2) is 8.32 Å². The summed E-state index contributed by atoms with van der Waals surface area (Å²) in [4.78, 5) is 27.0. The Balaban J connectivity index is 5.55. The van der Waals surface area contributed by atoms with Crippen molar-refractivity contribution in [2.24, 2.45) is 11.8 Å². The van der Waals surface area contributed by atoms with Crippen LogP contribution in [-0.2, 0) is 14.0 Å². The number of carbonyl (C=O) groups excluding carboxylic acids is 2. The van der Waals surface area contributed by atoms with E-state index >= 15 is 0 Å². The Morgan fingerprint density at radius 2 is 1.67 bits per heavy atom. The third-order valence-electron chi connectivity index (χ3n) is 5.75. The predicted octanol–water partition coefficient (Wildman–Crippen LogP) is 9.18. The molecule has 39 heavy (non-hydrogen) atoms. The quantitative estimate of drug-likeness (QED) is 0.0821. The minimum atomic E-state index is -1.76. The van der Waals surface area contributed by atoms with E-state index in [0.717, 1.165) is 25.7 Å². The standard InChI is InChI=1S/C33H55NO4Si/c1-13-15-19-28(5)25-34(32(36)37-33(7,8)9)31(35)21-17-16-20-29(6)30(38-39(10,11)12)23-22-27(4)24-26(3)18-14-2/h13-14,16-18,20-22,28-30H,1-2,15,19,23-25H2,3-12H3/b20-16+,21-17+,26-18+,27-22+/t28-,29-,30-/m0/s1. The van der Waals surface area contributed by atoms with Crippen LogP contribution in [-0.4, -0.2) is 43.5 Å². The van der Waals surface area contributed by atoms with E-state index in [-0.39, 0.29) is 23.8 Å². The number of ether oxygens (including phenoxy) is 1. The Morgan fingerprint density at radius 1 is 1.03 bits per heavy atom. The topological polar surface area (TPSA) is 55.8 Å². The molecule has 0 saturated heterocycles. The van der Waals surface area contributed by atoms with Crippen molar-refractivity contribution in [1.82, 2.24) is 4.90 Å². The summed E-state index contributed by atoms with van der Waals surface area (Å²) in [5, 5.41) is 0. The minimum Gasteiger partial charge on any atom is -0.443 e. The zero-order valence-corrected chi connectivity index (χ0v) is 27.4. The van der Waals surface area contributed by atoms with Crippen LogP contribution in [0.5, 0.6) is 0 Å². The van der Waals surface area contributed by atoms with Crippen molar-refractivity contribution in [2.45, 2.75) is 105 Å². The molecule has 0 aromatic carbocycles. The first-order chi connectivity index (χ1) is 18.0. The number of imide groups is 1. The van der Waals surface area contributed by atoms with Gasteiger partial charge in [0.1, 0.15) is 5.60 Å². The predicted molar refractivity (Wildman–Crippen MR) is 169 cm³/mol. The van der Waals surface area contributed by atoms with Crippen molar-refractivity contribution >= 4 is 20.3 Å². The van der Waals surface area contributed by atoms with Crippen molar-refractivity contribution in [3.05, 3.63) is 72.9 Å². The molecule has 0 bridgehead atoms. The molecule has 0 aromatic heterocycles. The third-order valence-corrected chi connectivity index (χ3v) is 6.76. The van der Waals surface area contributed by atoms with E-state index in [9.17, 15) is 9.59 Å². The normalized spacial score (nSPS) is 15.7. The highest BCUT2D eigenvalue weighted by Crippen LogP contribution is 2.21. The molecule has 0 aliphatic carbocycles. The summed E-state index contributed by atoms with van der Waals surface area (Å²) in [6, 6.07) is 0. The van der Waals surface area contributed by atoms with Gasteiger partial charge in [0, 0.05) is 12.6 Å². The van der Waals surface area contributed by atoms with Crippen molar-refractivity contribution in [1.29, 1.82) is 0 Å². The lowest BCUT2D eigenvalue weighted by Gasteiger charge is -2.29. The van der Waals surface area contributed by atoms with E-state index in [0.29, 0.717) is 6.54 Å². The highest BCUT2D eigenvalue weighted by molar-refractivity contribution is 6.69. The first kappa shape index (κ1) is 36.6. The Kier molecular flexibility index (Phi) is 16.9. The fourth-order valence-corrected chi connectivity index (χ4v) is 5.10. The van der Waals surface area contributed by atoms with Gasteiger partial charge in [-0.15, -0.1) is 6.58 Å². The van der Waals surface area contributed by atoms with E-state index < -0.39 is 20.0 Å². The zero-order valence-electron chi connectivity index (χ0n) is 26.4. The summed E-state index contributed by atoms with van der Waals surface area (Å²) in [5.41, 5.74) is 1.90. The Bertz CT molecular complexity index is 915. The van der Waals surface area contributed by atoms with E-state index in [4.69, 9.17) is 9.16 Å². The molecule has 0 fully saturated rings. The van der Waals surface area contributed by atoms with E-state index in [2.05, 4.69) is 65.7 Å². The molecule has 0 aliphatic rings. The highest BCUT2D eigenvalue weighted by Gasteiger charge is 2.27. The van der Waals surface area contributed by atoms with Crippen LogP contribution in [0.15, 0.2) is 72.9 Å². The Hall–Kier alpha value is -2.44. The third kappa shape index (κ3) is 18.5. The molecule has 6 heteroatoms. The molecule has 3 atom stereocenters. The van der Waals surface area contributed by atoms with Gasteiger partial charge in [0.2, 0.25) is 0 Å². The van der Waals surface area contributed by atoms with Crippen LogP contribution in [0, 0.1) is 11.8 Å². The lowest BCUT2D eigenvalue weighted by atomic mass is 9.98. The molecule has 0 rings (SSSR count). The van der Waals surface area contributed by atoms with E-state index in [1.165, 1.54) is 22.1 Å². The van der Waals surface area contributed by atoms with Crippen molar-refractivity contribution in [2.75, 3.05) is 6.54 Å². The average Bonchev–Trinajstić information content (AvgIpc) is 2.79. The highest BCUT2D eigenvalue weighted by atomic mass is 28.4. The maximum absolute atomic E-state index is 13.0. The van der Waals surface area contributed by atoms with Crippen LogP contribution in [0.4, 0.5) is 4.79 Å². The van der Waals surface area contributed by atoms with Gasteiger partial charge in [-0.25, -0.2) is 9.69 Å². The van der Waals surface area contributed by atoms with Gasteiger partial charge >= 0.3 is 6.09 Å². The SMILES string of the molecule is C=C/C=C(\C)C/C(C)=C/C[C@H](O[Si](C)(C)C)[C@@H](C)/C=C/C=C/C(=O)N(C[C@@H](C)CCC=C)C(=O)OC(C)(C)C. The molecule has 0 spiro atoms. The molecule has 0 heterocycles. The van der Waals surface area contributed by atoms with Gasteiger partial charge in [0.05, 0.1) is 6.10 Å². The second-order valence-electron chi connectivity index (χ2n) is 12.5. The molecule has 0 unspecified atom stereocenters. The van der Waals surface area contributed by atoms with Gasteiger partial charge in [-0.1, -0.05) is 74.1 Å². The van der Waals surface area contributed by atoms with E-state index in [1.54, 1.807) is 26.8 Å². The number of rotatable bonds is 16. The number of hydrogen-bond donors (Lipinski definition) is 0. The summed E-state index contributed by atoms with van der Waals surface area (Å²) < 4.78 is 12.0. The van der Waals surface area contributed by atoms with Crippen molar-refractivity contribution < 1.29 is 18.8 Å². The smallest absolute Gasteiger partial charge is 0.417 e. The molecule has 220 valence electrons. The van der Waals surface area contributed by atoms with Gasteiger partial charge < -0.3 is 9.16 Å². The maximum atomic E-state index is 13.0. The second-order valence-corrected chi connectivity index (χ2v) is 16.9. The maximum Gasteiger partial charge on any atom is 0.417 e. The van der Waals surface area contributed by atoms with Gasteiger partial charge in [-0.05, 0) is 91.8 Å². The summed E-state index contributed by atoms with van der Waals surface area (Å²) >= 11 is 0. The van der Waals surface area contributed by atoms with Crippen LogP contribution in [0.3, 0.4) is 0 Å². The molecule has 5 nitrogen and oxygen atoms in total. The number of carbonyl (C=O) groups is 2. The van der Waals surface area contributed by atoms with Gasteiger partial charge in [-0.3, -0.25) is 4.79 Å². The molecular weight excluding hydrogens is 502 g/mol. The average molecular weight is 558 g/mol. The van der Waals surface area contributed by atoms with Crippen LogP contribution in [0.25, 0.3) is 0 Å². The first-order valence-corrected chi connectivity index (χ1v) is 17.5. The lowest BCUT2D eigenvalue weighted by Crippen LogP contribution is -2.42. The molecule has 2 amide bonds. The van der Waals surface area contributed by atoms with Gasteiger partial charge in [-0.2, -0.15) is 0 Å². The van der Waals surface area contributed by atoms with Crippen LogP contribution >= 0.6 is 0 Å². The summed E-state index contributed by atoms with van der Waals surface area (Å²) in [5.74, 6) is -0.106. The molecule has 0 radical (unpaired) electrons. The Labute approximate surface area is 240 Å². The fraction of sp³-hybridized carbons (Fsp3) is 0.576. The van der Waals surface area contributed by atoms with Crippen LogP contribution < -0.4 is 0 Å². The first-order valence-electron chi connectivity index (χ1n) is 14.1. The fourth-order valence-electron chi connectivity index (χ4n) is 3.88. The van der Waals surface area contributed by atoms with Crippen LogP contribution in [0.1, 0.15) is 74.1 Å². The minimum absolute atomic E-state index is 0.0413. The van der Waals surface area contributed by atoms with Crippen LogP contribution in [0.2, 0.25) is 19.6 Å². The molecular formula is C33H55NO4Si. The van der Waals surface area contributed by atoms with Crippen molar-refractivity contribution in [3.63, 3.8) is 0 Å². The molecule has 0 N–H and O–H groups in total. The summed E-state index contributed by atoms with van der Waals surface area (Å²) in [6.07, 6.45) is 17.9.